The van der Waals surface area contributed by atoms with E-state index in [1.807, 2.05) is 29.6 Å². The molecule has 8 heteroatoms. The molecule has 0 saturated heterocycles. The summed E-state index contributed by atoms with van der Waals surface area (Å²) in [4.78, 5) is 29.6. The van der Waals surface area contributed by atoms with Crippen molar-refractivity contribution in [1.29, 1.82) is 0 Å². The first-order chi connectivity index (χ1) is 16.0. The van der Waals surface area contributed by atoms with Gasteiger partial charge in [0.1, 0.15) is 12.4 Å². The van der Waals surface area contributed by atoms with Crippen LogP contribution in [0, 0.1) is 5.92 Å². The Kier molecular flexibility index (Phi) is 7.34. The minimum Gasteiger partial charge on any atom is -0.485 e. The highest BCUT2D eigenvalue weighted by Gasteiger charge is 2.39. The summed E-state index contributed by atoms with van der Waals surface area (Å²) < 4.78 is 17.4. The van der Waals surface area contributed by atoms with E-state index in [9.17, 15) is 9.59 Å². The molecule has 1 N–H and O–H groups in total. The van der Waals surface area contributed by atoms with E-state index in [1.165, 1.54) is 22.5 Å². The molecule has 1 aromatic carbocycles. The van der Waals surface area contributed by atoms with Crippen molar-refractivity contribution < 1.29 is 23.5 Å². The van der Waals surface area contributed by atoms with Gasteiger partial charge in [-0.2, -0.15) is 0 Å². The maximum absolute atomic E-state index is 13.8. The number of amides is 2. The second-order valence-electron chi connectivity index (χ2n) is 8.30. The standard InChI is InChI=1S/C25H28N2O5S/c1-17(2)11-12-26-24(28)23(21-10-5-13-30-21)27(15-18-7-6-14-33-18)25(29)22-16-31-19-8-3-4-9-20(19)32-22/h3-10,13-14,17,22-23H,11-12,15-16H2,1-2H3,(H,26,28)/t22-,23-/m1/s1. The largest absolute Gasteiger partial charge is 0.485 e. The zero-order chi connectivity index (χ0) is 23.2. The zero-order valence-electron chi connectivity index (χ0n) is 18.7. The lowest BCUT2D eigenvalue weighted by Crippen LogP contribution is -2.50. The van der Waals surface area contributed by atoms with Crippen LogP contribution in [0.5, 0.6) is 11.5 Å². The van der Waals surface area contributed by atoms with Crippen molar-refractivity contribution in [2.75, 3.05) is 13.2 Å². The molecular formula is C25H28N2O5S. The molecule has 0 aliphatic carbocycles. The summed E-state index contributed by atoms with van der Waals surface area (Å²) in [6.07, 6.45) is 1.47. The van der Waals surface area contributed by atoms with E-state index in [1.54, 1.807) is 24.3 Å². The lowest BCUT2D eigenvalue weighted by Gasteiger charge is -2.34. The van der Waals surface area contributed by atoms with Crippen LogP contribution < -0.4 is 14.8 Å². The van der Waals surface area contributed by atoms with E-state index in [4.69, 9.17) is 13.9 Å². The number of hydrogen-bond acceptors (Lipinski definition) is 6. The van der Waals surface area contributed by atoms with Gasteiger partial charge in [0.25, 0.3) is 11.8 Å². The Morgan fingerprint density at radius 1 is 1.12 bits per heavy atom. The number of carbonyl (C=O) groups excluding carboxylic acids is 2. The highest BCUT2D eigenvalue weighted by Crippen LogP contribution is 2.33. The molecule has 0 fully saturated rings. The number of nitrogens with one attached hydrogen (secondary N) is 1. The normalized spacial score (nSPS) is 15.8. The highest BCUT2D eigenvalue weighted by atomic mass is 32.1. The Morgan fingerprint density at radius 2 is 1.94 bits per heavy atom. The van der Waals surface area contributed by atoms with Crippen molar-refractivity contribution in [2.45, 2.75) is 39.0 Å². The quantitative estimate of drug-likeness (QED) is 0.503. The average Bonchev–Trinajstić information content (AvgIpc) is 3.52. The number of rotatable bonds is 9. The summed E-state index contributed by atoms with van der Waals surface area (Å²) in [5, 5.41) is 4.92. The summed E-state index contributed by atoms with van der Waals surface area (Å²) >= 11 is 1.52. The molecule has 0 spiro atoms. The Bertz CT molecular complexity index is 1050. The fourth-order valence-electron chi connectivity index (χ4n) is 3.64. The van der Waals surface area contributed by atoms with E-state index < -0.39 is 12.1 Å². The maximum Gasteiger partial charge on any atom is 0.268 e. The lowest BCUT2D eigenvalue weighted by atomic mass is 10.1. The van der Waals surface area contributed by atoms with Crippen LogP contribution in [0.2, 0.25) is 0 Å². The number of carbonyl (C=O) groups is 2. The third-order valence-corrected chi connectivity index (χ3v) is 6.23. The van der Waals surface area contributed by atoms with Crippen molar-refractivity contribution in [2.24, 2.45) is 5.92 Å². The van der Waals surface area contributed by atoms with Crippen LogP contribution in [0.3, 0.4) is 0 Å². The Balaban J connectivity index is 1.62. The third-order valence-electron chi connectivity index (χ3n) is 5.37. The molecule has 0 unspecified atom stereocenters. The number of para-hydroxylation sites is 2. The Labute approximate surface area is 197 Å². The van der Waals surface area contributed by atoms with Crippen LogP contribution in [-0.4, -0.2) is 36.0 Å². The molecule has 33 heavy (non-hydrogen) atoms. The molecule has 1 aliphatic heterocycles. The zero-order valence-corrected chi connectivity index (χ0v) is 19.5. The number of hydrogen-bond donors (Lipinski definition) is 1. The lowest BCUT2D eigenvalue weighted by molar-refractivity contribution is -0.149. The van der Waals surface area contributed by atoms with Crippen molar-refractivity contribution in [3.05, 3.63) is 70.8 Å². The molecule has 3 aromatic rings. The van der Waals surface area contributed by atoms with E-state index in [0.717, 1.165) is 11.3 Å². The molecule has 4 rings (SSSR count). The van der Waals surface area contributed by atoms with Gasteiger partial charge in [0.2, 0.25) is 6.10 Å². The molecule has 2 amide bonds. The molecule has 2 aromatic heterocycles. The Morgan fingerprint density at radius 3 is 2.64 bits per heavy atom. The second-order valence-corrected chi connectivity index (χ2v) is 9.33. The number of thiophene rings is 1. The van der Waals surface area contributed by atoms with Gasteiger partial charge in [-0.25, -0.2) is 0 Å². The summed E-state index contributed by atoms with van der Waals surface area (Å²) in [7, 11) is 0. The summed E-state index contributed by atoms with van der Waals surface area (Å²) in [6, 6.07) is 13.6. The fraction of sp³-hybridized carbons (Fsp3) is 0.360. The van der Waals surface area contributed by atoms with E-state index >= 15 is 0 Å². The minimum absolute atomic E-state index is 0.0661. The first-order valence-corrected chi connectivity index (χ1v) is 11.9. The van der Waals surface area contributed by atoms with Gasteiger partial charge in [-0.3, -0.25) is 9.59 Å². The molecule has 0 radical (unpaired) electrons. The summed E-state index contributed by atoms with van der Waals surface area (Å²) in [5.41, 5.74) is 0. The van der Waals surface area contributed by atoms with Crippen molar-refractivity contribution in [3.63, 3.8) is 0 Å². The van der Waals surface area contributed by atoms with E-state index in [0.29, 0.717) is 29.7 Å². The number of nitrogens with zero attached hydrogens (tertiary/aromatic N) is 1. The van der Waals surface area contributed by atoms with Gasteiger partial charge in [-0.15, -0.1) is 11.3 Å². The topological polar surface area (TPSA) is 81.0 Å². The molecule has 0 saturated carbocycles. The number of fused-ring (bicyclic) bond motifs is 1. The minimum atomic E-state index is -0.928. The van der Waals surface area contributed by atoms with Crippen LogP contribution in [-0.2, 0) is 16.1 Å². The monoisotopic (exact) mass is 468 g/mol. The first-order valence-electron chi connectivity index (χ1n) is 11.1. The molecule has 7 nitrogen and oxygen atoms in total. The van der Waals surface area contributed by atoms with Gasteiger partial charge in [-0.1, -0.05) is 32.0 Å². The molecule has 174 valence electrons. The number of ether oxygens (including phenoxy) is 2. The van der Waals surface area contributed by atoms with Crippen LogP contribution in [0.4, 0.5) is 0 Å². The fourth-order valence-corrected chi connectivity index (χ4v) is 4.35. The molecular weight excluding hydrogens is 440 g/mol. The van der Waals surface area contributed by atoms with E-state index in [-0.39, 0.29) is 25.0 Å². The van der Waals surface area contributed by atoms with Crippen LogP contribution in [0.15, 0.2) is 64.6 Å². The van der Waals surface area contributed by atoms with Crippen LogP contribution in [0.1, 0.15) is 36.9 Å². The number of benzene rings is 1. The predicted octanol–water partition coefficient (Wildman–Crippen LogP) is 4.41. The van der Waals surface area contributed by atoms with Gasteiger partial charge in [0, 0.05) is 11.4 Å². The number of furan rings is 1. The van der Waals surface area contributed by atoms with Crippen LogP contribution >= 0.6 is 11.3 Å². The third kappa shape index (κ3) is 5.57. The molecule has 2 atom stereocenters. The first kappa shape index (κ1) is 22.9. The predicted molar refractivity (Wildman–Crippen MR) is 125 cm³/mol. The van der Waals surface area contributed by atoms with Gasteiger partial charge in [-0.05, 0) is 48.1 Å². The highest BCUT2D eigenvalue weighted by molar-refractivity contribution is 7.09. The van der Waals surface area contributed by atoms with Crippen molar-refractivity contribution in [1.82, 2.24) is 10.2 Å². The van der Waals surface area contributed by atoms with Crippen molar-refractivity contribution >= 4 is 23.2 Å². The maximum atomic E-state index is 13.8. The van der Waals surface area contributed by atoms with Gasteiger partial charge >= 0.3 is 0 Å². The molecule has 3 heterocycles. The SMILES string of the molecule is CC(C)CCNC(=O)[C@@H](c1ccco1)N(Cc1cccs1)C(=O)[C@H]1COc2ccccc2O1. The smallest absolute Gasteiger partial charge is 0.268 e. The molecule has 1 aliphatic rings. The summed E-state index contributed by atoms with van der Waals surface area (Å²) in [6.45, 7) is 5.03. The van der Waals surface area contributed by atoms with Gasteiger partial charge in [0.15, 0.2) is 17.5 Å². The second kappa shape index (κ2) is 10.6. The van der Waals surface area contributed by atoms with Crippen molar-refractivity contribution in [3.8, 4) is 11.5 Å². The van der Waals surface area contributed by atoms with Gasteiger partial charge in [0.05, 0.1) is 12.8 Å². The van der Waals surface area contributed by atoms with Gasteiger partial charge < -0.3 is 24.1 Å². The van der Waals surface area contributed by atoms with E-state index in [2.05, 4.69) is 19.2 Å². The molecule has 0 bridgehead atoms. The average molecular weight is 469 g/mol. The Hall–Kier alpha value is -3.26. The summed E-state index contributed by atoms with van der Waals surface area (Å²) in [5.74, 6) is 1.34. The van der Waals surface area contributed by atoms with Crippen LogP contribution in [0.25, 0.3) is 0 Å².